The Morgan fingerprint density at radius 3 is 1.07 bits per heavy atom. The Morgan fingerprint density at radius 1 is 0.451 bits per heavy atom. The molecule has 82 heavy (non-hydrogen) atoms. The van der Waals surface area contributed by atoms with Crippen molar-refractivity contribution in [3.05, 3.63) is 167 Å². The van der Waals surface area contributed by atoms with E-state index in [9.17, 15) is 19.8 Å². The Hall–Kier alpha value is -6.54. The molecule has 0 aliphatic carbocycles. The molecule has 4 N–H and O–H groups in total. The molecule has 0 fully saturated rings. The number of aryl methyl sites for hydroxylation is 2. The highest BCUT2D eigenvalue weighted by Crippen LogP contribution is 2.42. The molecule has 8 nitrogen and oxygen atoms in total. The number of hydrogen-bond donors (Lipinski definition) is 4. The summed E-state index contributed by atoms with van der Waals surface area (Å²) in [6.45, 7) is 36.4. The molecule has 6 rings (SSSR count). The number of carbonyl (C=O) groups excluding carboxylic acids is 2. The molecule has 6 aromatic rings. The van der Waals surface area contributed by atoms with Crippen LogP contribution >= 0.6 is 0 Å². The maximum absolute atomic E-state index is 13.9. The van der Waals surface area contributed by atoms with Crippen LogP contribution in [0.25, 0.3) is 0 Å². The zero-order chi connectivity index (χ0) is 59.2. The second-order valence-corrected chi connectivity index (χ2v) is 26.9. The fourth-order valence-corrected chi connectivity index (χ4v) is 10.6. The van der Waals surface area contributed by atoms with Gasteiger partial charge in [-0.15, -0.1) is 0 Å². The van der Waals surface area contributed by atoms with Gasteiger partial charge in [0.25, 0.3) is 0 Å². The number of rotatable bonds is 21. The van der Waals surface area contributed by atoms with E-state index in [4.69, 9.17) is 0 Å². The van der Waals surface area contributed by atoms with Crippen molar-refractivity contribution >= 4 is 45.9 Å². The van der Waals surface area contributed by atoms with Gasteiger partial charge in [-0.1, -0.05) is 205 Å². The highest BCUT2D eigenvalue weighted by atomic mass is 16.3. The van der Waals surface area contributed by atoms with Crippen LogP contribution in [-0.4, -0.2) is 34.1 Å². The van der Waals surface area contributed by atoms with Gasteiger partial charge in [-0.3, -0.25) is 9.59 Å². The lowest BCUT2D eigenvalue weighted by Gasteiger charge is -2.31. The number of benzene rings is 6. The number of unbranched alkanes of at least 4 members (excludes halogenated alkanes) is 3. The minimum atomic E-state index is -0.197. The molecule has 0 saturated carbocycles. The third-order valence-corrected chi connectivity index (χ3v) is 14.9. The number of phenolic OH excluding ortho intramolecular Hbond substituents is 2. The van der Waals surface area contributed by atoms with Gasteiger partial charge in [0, 0.05) is 59.0 Å². The first-order valence-electron chi connectivity index (χ1n) is 29.7. The minimum absolute atomic E-state index is 0. The fourth-order valence-electron chi connectivity index (χ4n) is 10.6. The van der Waals surface area contributed by atoms with Crippen LogP contribution in [0.15, 0.2) is 133 Å². The highest BCUT2D eigenvalue weighted by Gasteiger charge is 2.30. The predicted octanol–water partition coefficient (Wildman–Crippen LogP) is 20.5. The van der Waals surface area contributed by atoms with Gasteiger partial charge in [0.05, 0.1) is 0 Å². The SMILES string of the molecule is C.C.CC(C)CC(C)N(C(=O)CCc1cc(C(C)(C)C)c(O)c(C(C)(C)C)c1)c1ccc(Nc2ccccc2)cc1.CCCCCCC(C)N(C(=O)CCc1cc(C(C)(C)C)c(O)c(C(C)(C)C)c1)c1ccc(Nc2ccccc2)cc1. The number of carbonyl (C=O) groups is 2. The molecular formula is C74H108N4O4. The maximum atomic E-state index is 13.9. The number of anilines is 6. The lowest BCUT2D eigenvalue weighted by atomic mass is 9.78. The molecule has 0 aliphatic rings. The van der Waals surface area contributed by atoms with Crippen molar-refractivity contribution in [2.45, 2.75) is 231 Å². The van der Waals surface area contributed by atoms with E-state index in [1.54, 1.807) is 0 Å². The first-order valence-corrected chi connectivity index (χ1v) is 29.7. The summed E-state index contributed by atoms with van der Waals surface area (Å²) in [5.74, 6) is 1.50. The lowest BCUT2D eigenvalue weighted by molar-refractivity contribution is -0.119. The van der Waals surface area contributed by atoms with Gasteiger partial charge in [0.1, 0.15) is 11.5 Å². The van der Waals surface area contributed by atoms with Crippen LogP contribution in [0.3, 0.4) is 0 Å². The molecule has 0 aliphatic heterocycles. The first-order chi connectivity index (χ1) is 37.5. The average Bonchev–Trinajstić information content (AvgIpc) is 3.45. The Bertz CT molecular complexity index is 2810. The van der Waals surface area contributed by atoms with Crippen molar-refractivity contribution in [3.63, 3.8) is 0 Å². The molecule has 2 amide bonds. The molecular weight excluding hydrogens is 1010 g/mol. The zero-order valence-corrected chi connectivity index (χ0v) is 52.1. The van der Waals surface area contributed by atoms with Crippen molar-refractivity contribution in [3.8, 4) is 11.5 Å². The molecule has 8 heteroatoms. The summed E-state index contributed by atoms with van der Waals surface area (Å²) in [7, 11) is 0. The van der Waals surface area contributed by atoms with E-state index < -0.39 is 0 Å². The molecule has 2 atom stereocenters. The van der Waals surface area contributed by atoms with Crippen LogP contribution in [0.1, 0.15) is 217 Å². The van der Waals surface area contributed by atoms with E-state index in [-0.39, 0.29) is 60.4 Å². The molecule has 0 aromatic heterocycles. The number of para-hydroxylation sites is 2. The van der Waals surface area contributed by atoms with Crippen LogP contribution in [-0.2, 0) is 44.1 Å². The standard InChI is InChI=1S/C37H52N2O2.C35H48N2O2.2CH4/c1-9-10-11-13-16-27(2)39(31-22-20-30(21-23-31)38-29-17-14-12-15-18-29)34(40)24-19-28-25-32(36(3,4)5)35(41)33(26-28)37(6,7)8;1-24(2)21-25(3)37(29-18-16-28(17-19-29)36-27-13-11-10-12-14-27)32(38)20-15-26-22-30(34(4,5)6)33(39)31(23-26)35(7,8)9;;/h12,14-15,17-18,20-23,25-27,38,41H,9-11,13,16,19,24H2,1-8H3;10-14,16-19,22-25,36,39H,15,20-21H2,1-9H3;2*1H4. The summed E-state index contributed by atoms with van der Waals surface area (Å²) >= 11 is 0. The topological polar surface area (TPSA) is 105 Å². The summed E-state index contributed by atoms with van der Waals surface area (Å²) in [5.41, 5.74) is 11.1. The molecule has 0 saturated heterocycles. The summed E-state index contributed by atoms with van der Waals surface area (Å²) in [4.78, 5) is 31.7. The van der Waals surface area contributed by atoms with Crippen molar-refractivity contribution in [2.24, 2.45) is 5.92 Å². The van der Waals surface area contributed by atoms with Crippen LogP contribution in [0.4, 0.5) is 34.1 Å². The first kappa shape index (κ1) is 69.7. The summed E-state index contributed by atoms with van der Waals surface area (Å²) < 4.78 is 0. The molecule has 0 heterocycles. The van der Waals surface area contributed by atoms with Crippen LogP contribution in [0, 0.1) is 5.92 Å². The number of aromatic hydroxyl groups is 2. The van der Waals surface area contributed by atoms with Gasteiger partial charge < -0.3 is 30.6 Å². The minimum Gasteiger partial charge on any atom is -0.507 e. The Labute approximate surface area is 498 Å². The number of phenols is 2. The fraction of sp³-hybridized carbons (Fsp3) is 0.486. The van der Waals surface area contributed by atoms with E-state index in [0.717, 1.165) is 86.8 Å². The van der Waals surface area contributed by atoms with Crippen LogP contribution < -0.4 is 20.4 Å². The van der Waals surface area contributed by atoms with Crippen LogP contribution in [0.5, 0.6) is 11.5 Å². The molecule has 448 valence electrons. The number of nitrogens with zero attached hydrogens (tertiary/aromatic N) is 2. The van der Waals surface area contributed by atoms with Gasteiger partial charge in [-0.25, -0.2) is 0 Å². The Balaban J connectivity index is 0.000000420. The van der Waals surface area contributed by atoms with E-state index in [1.165, 1.54) is 19.3 Å². The van der Waals surface area contributed by atoms with Crippen molar-refractivity contribution in [1.29, 1.82) is 0 Å². The second kappa shape index (κ2) is 30.7. The van der Waals surface area contributed by atoms with E-state index in [1.807, 2.05) is 94.7 Å². The number of nitrogens with one attached hydrogen (secondary N) is 2. The highest BCUT2D eigenvalue weighted by molar-refractivity contribution is 5.95. The number of amides is 2. The smallest absolute Gasteiger partial charge is 0.227 e. The Kier molecular flexibility index (Phi) is 26.1. The van der Waals surface area contributed by atoms with E-state index in [0.29, 0.717) is 43.1 Å². The van der Waals surface area contributed by atoms with Gasteiger partial charge in [-0.2, -0.15) is 0 Å². The quantitative estimate of drug-likeness (QED) is 0.0535. The molecule has 2 unspecified atom stereocenters. The van der Waals surface area contributed by atoms with Crippen molar-refractivity contribution < 1.29 is 19.8 Å². The van der Waals surface area contributed by atoms with Crippen molar-refractivity contribution in [1.82, 2.24) is 0 Å². The predicted molar refractivity (Wildman–Crippen MR) is 356 cm³/mol. The summed E-state index contributed by atoms with van der Waals surface area (Å²) in [6, 6.07) is 45.1. The van der Waals surface area contributed by atoms with Gasteiger partial charge >= 0.3 is 0 Å². The van der Waals surface area contributed by atoms with Crippen molar-refractivity contribution in [2.75, 3.05) is 20.4 Å². The van der Waals surface area contributed by atoms with Gasteiger partial charge in [0.2, 0.25) is 11.8 Å². The molecule has 0 radical (unpaired) electrons. The average molecular weight is 1120 g/mol. The maximum Gasteiger partial charge on any atom is 0.227 e. The number of hydrogen-bond acceptors (Lipinski definition) is 6. The third-order valence-electron chi connectivity index (χ3n) is 14.9. The van der Waals surface area contributed by atoms with Crippen LogP contribution in [0.2, 0.25) is 0 Å². The molecule has 6 aromatic carbocycles. The van der Waals surface area contributed by atoms with Gasteiger partial charge in [-0.05, 0) is 173 Å². The Morgan fingerprint density at radius 2 is 0.768 bits per heavy atom. The monoisotopic (exact) mass is 1120 g/mol. The largest absolute Gasteiger partial charge is 0.507 e. The van der Waals surface area contributed by atoms with E-state index >= 15 is 0 Å². The molecule has 0 spiro atoms. The van der Waals surface area contributed by atoms with E-state index in [2.05, 4.69) is 177 Å². The zero-order valence-electron chi connectivity index (χ0n) is 52.1. The summed E-state index contributed by atoms with van der Waals surface area (Å²) in [5, 5.41) is 29.1. The third kappa shape index (κ3) is 20.4. The van der Waals surface area contributed by atoms with Gasteiger partial charge in [0.15, 0.2) is 0 Å². The normalized spacial score (nSPS) is 12.5. The lowest BCUT2D eigenvalue weighted by Crippen LogP contribution is -2.39. The second-order valence-electron chi connectivity index (χ2n) is 26.9. The summed E-state index contributed by atoms with van der Waals surface area (Å²) in [6.07, 6.45) is 8.75. The molecule has 0 bridgehead atoms.